The van der Waals surface area contributed by atoms with Crippen LogP contribution in [0, 0.1) is 18.6 Å². The van der Waals surface area contributed by atoms with E-state index in [4.69, 9.17) is 9.47 Å². The molecule has 172 valence electrons. The van der Waals surface area contributed by atoms with E-state index < -0.39 is 35.4 Å². The van der Waals surface area contributed by atoms with Crippen molar-refractivity contribution in [3.8, 4) is 11.5 Å². The molecular weight excluding hydrogens is 434 g/mol. The SMILES string of the molecule is COc1ccc(C(=O)N[C@@H]2C(=O)Nc3c(c(C)nn3C)[C@H]2c2ccc(F)c(F)c2)cc1OC. The summed E-state index contributed by atoms with van der Waals surface area (Å²) in [6.07, 6.45) is 0. The van der Waals surface area contributed by atoms with Gasteiger partial charge in [0.15, 0.2) is 23.1 Å². The van der Waals surface area contributed by atoms with E-state index in [1.54, 1.807) is 20.0 Å². The molecule has 0 saturated heterocycles. The number of nitrogens with zero attached hydrogens (tertiary/aromatic N) is 2. The highest BCUT2D eigenvalue weighted by atomic mass is 19.2. The number of aromatic nitrogens is 2. The first kappa shape index (κ1) is 22.3. The van der Waals surface area contributed by atoms with Crippen LogP contribution in [-0.2, 0) is 11.8 Å². The van der Waals surface area contributed by atoms with Crippen LogP contribution in [0.5, 0.6) is 11.5 Å². The molecule has 0 bridgehead atoms. The molecule has 2 amide bonds. The van der Waals surface area contributed by atoms with Crippen LogP contribution in [0.4, 0.5) is 14.6 Å². The fraction of sp³-hybridized carbons (Fsp3) is 0.261. The van der Waals surface area contributed by atoms with Crippen LogP contribution in [0.2, 0.25) is 0 Å². The average molecular weight is 456 g/mol. The van der Waals surface area contributed by atoms with E-state index in [1.165, 1.54) is 37.1 Å². The number of benzene rings is 2. The molecule has 1 aliphatic rings. The van der Waals surface area contributed by atoms with Crippen LogP contribution in [0.15, 0.2) is 36.4 Å². The summed E-state index contributed by atoms with van der Waals surface area (Å²) in [6, 6.07) is 6.91. The lowest BCUT2D eigenvalue weighted by Crippen LogP contribution is -2.50. The number of aryl methyl sites for hydroxylation is 2. The summed E-state index contributed by atoms with van der Waals surface area (Å²) >= 11 is 0. The van der Waals surface area contributed by atoms with E-state index in [1.807, 2.05) is 0 Å². The van der Waals surface area contributed by atoms with Gasteiger partial charge in [0.25, 0.3) is 5.91 Å². The highest BCUT2D eigenvalue weighted by Crippen LogP contribution is 2.39. The lowest BCUT2D eigenvalue weighted by molar-refractivity contribution is -0.118. The van der Waals surface area contributed by atoms with Gasteiger partial charge in [0.1, 0.15) is 11.9 Å². The Kier molecular flexibility index (Phi) is 5.75. The van der Waals surface area contributed by atoms with Gasteiger partial charge >= 0.3 is 0 Å². The van der Waals surface area contributed by atoms with E-state index >= 15 is 0 Å². The highest BCUT2D eigenvalue weighted by molar-refractivity contribution is 6.04. The summed E-state index contributed by atoms with van der Waals surface area (Å²) < 4.78 is 39.7. The Labute approximate surface area is 188 Å². The van der Waals surface area contributed by atoms with Crippen molar-refractivity contribution in [3.05, 3.63) is 70.4 Å². The standard InChI is InChI=1S/C23H22F2N4O4/c1-11-18-19(12-5-7-14(24)15(25)9-12)20(23(31)27-21(18)29(2)28-11)26-22(30)13-6-8-16(32-3)17(10-13)33-4/h5-10,19-20H,1-4H3,(H,26,30)(H,27,31)/t19-,20+/m1/s1. The fourth-order valence-electron chi connectivity index (χ4n) is 4.12. The Balaban J connectivity index is 1.77. The van der Waals surface area contributed by atoms with E-state index in [2.05, 4.69) is 15.7 Å². The molecule has 2 atom stereocenters. The van der Waals surface area contributed by atoms with Gasteiger partial charge in [-0.25, -0.2) is 8.78 Å². The number of carbonyl (C=O) groups is 2. The minimum atomic E-state index is -1.11. The molecule has 0 aliphatic carbocycles. The minimum Gasteiger partial charge on any atom is -0.493 e. The van der Waals surface area contributed by atoms with Gasteiger partial charge in [-0.05, 0) is 42.8 Å². The minimum absolute atomic E-state index is 0.234. The van der Waals surface area contributed by atoms with Crippen LogP contribution in [0.1, 0.15) is 33.1 Å². The number of nitrogens with one attached hydrogen (secondary N) is 2. The number of fused-ring (bicyclic) bond motifs is 1. The van der Waals surface area contributed by atoms with Crippen molar-refractivity contribution in [2.45, 2.75) is 18.9 Å². The number of methoxy groups -OCH3 is 2. The van der Waals surface area contributed by atoms with Crippen LogP contribution in [0.25, 0.3) is 0 Å². The van der Waals surface area contributed by atoms with Crippen molar-refractivity contribution in [1.82, 2.24) is 15.1 Å². The summed E-state index contributed by atoms with van der Waals surface area (Å²) in [5.74, 6) is -2.67. The van der Waals surface area contributed by atoms with E-state index in [0.717, 1.165) is 12.1 Å². The maximum atomic E-state index is 14.1. The lowest BCUT2D eigenvalue weighted by Gasteiger charge is -2.32. The molecule has 0 unspecified atom stereocenters. The van der Waals surface area contributed by atoms with Crippen molar-refractivity contribution < 1.29 is 27.8 Å². The molecule has 0 saturated carbocycles. The third-order valence-corrected chi connectivity index (χ3v) is 5.67. The Morgan fingerprint density at radius 2 is 1.82 bits per heavy atom. The Morgan fingerprint density at radius 1 is 1.09 bits per heavy atom. The highest BCUT2D eigenvalue weighted by Gasteiger charge is 2.41. The van der Waals surface area contributed by atoms with Crippen molar-refractivity contribution in [1.29, 1.82) is 0 Å². The summed E-state index contributed by atoms with van der Waals surface area (Å²) in [4.78, 5) is 26.1. The normalized spacial score (nSPS) is 17.2. The molecule has 33 heavy (non-hydrogen) atoms. The second kappa shape index (κ2) is 8.53. The van der Waals surface area contributed by atoms with Gasteiger partial charge in [-0.2, -0.15) is 5.10 Å². The molecule has 2 heterocycles. The Morgan fingerprint density at radius 3 is 2.48 bits per heavy atom. The first-order chi connectivity index (χ1) is 15.7. The molecule has 3 aromatic rings. The topological polar surface area (TPSA) is 94.5 Å². The van der Waals surface area contributed by atoms with Gasteiger partial charge in [-0.3, -0.25) is 14.3 Å². The largest absolute Gasteiger partial charge is 0.493 e. The van der Waals surface area contributed by atoms with Crippen LogP contribution < -0.4 is 20.1 Å². The van der Waals surface area contributed by atoms with Crippen molar-refractivity contribution in [3.63, 3.8) is 0 Å². The smallest absolute Gasteiger partial charge is 0.252 e. The van der Waals surface area contributed by atoms with E-state index in [9.17, 15) is 18.4 Å². The zero-order valence-corrected chi connectivity index (χ0v) is 18.4. The monoisotopic (exact) mass is 456 g/mol. The number of rotatable bonds is 5. The number of halogens is 2. The van der Waals surface area contributed by atoms with Crippen LogP contribution in [0.3, 0.4) is 0 Å². The summed E-state index contributed by atoms with van der Waals surface area (Å²) in [5.41, 5.74) is 1.77. The third-order valence-electron chi connectivity index (χ3n) is 5.67. The zero-order chi connectivity index (χ0) is 23.9. The first-order valence-corrected chi connectivity index (χ1v) is 10.1. The zero-order valence-electron chi connectivity index (χ0n) is 18.4. The number of amides is 2. The van der Waals surface area contributed by atoms with Crippen LogP contribution >= 0.6 is 0 Å². The molecule has 0 radical (unpaired) electrons. The molecule has 1 aromatic heterocycles. The van der Waals surface area contributed by atoms with E-state index in [-0.39, 0.29) is 5.56 Å². The molecule has 2 aromatic carbocycles. The molecular formula is C23H22F2N4O4. The quantitative estimate of drug-likeness (QED) is 0.616. The molecule has 8 nitrogen and oxygen atoms in total. The van der Waals surface area contributed by atoms with Gasteiger partial charge in [-0.15, -0.1) is 0 Å². The number of ether oxygens (including phenoxy) is 2. The number of anilines is 1. The van der Waals surface area contributed by atoms with Gasteiger partial charge in [0, 0.05) is 24.1 Å². The second-order valence-corrected chi connectivity index (χ2v) is 7.63. The molecule has 1 aliphatic heterocycles. The van der Waals surface area contributed by atoms with Gasteiger partial charge in [-0.1, -0.05) is 6.07 Å². The lowest BCUT2D eigenvalue weighted by atomic mass is 9.81. The predicted molar refractivity (Wildman–Crippen MR) is 116 cm³/mol. The molecule has 0 fully saturated rings. The summed E-state index contributed by atoms with van der Waals surface area (Å²) in [5, 5.41) is 9.84. The number of hydrogen-bond acceptors (Lipinski definition) is 5. The van der Waals surface area contributed by atoms with Crippen molar-refractivity contribution >= 4 is 17.6 Å². The molecule has 10 heteroatoms. The van der Waals surface area contributed by atoms with Crippen LogP contribution in [-0.4, -0.2) is 41.9 Å². The number of carbonyl (C=O) groups excluding carboxylic acids is 2. The van der Waals surface area contributed by atoms with Gasteiger partial charge in [0.2, 0.25) is 5.91 Å². The Hall–Kier alpha value is -3.95. The van der Waals surface area contributed by atoms with Gasteiger partial charge < -0.3 is 20.1 Å². The van der Waals surface area contributed by atoms with Gasteiger partial charge in [0.05, 0.1) is 19.9 Å². The summed E-state index contributed by atoms with van der Waals surface area (Å²) in [6.45, 7) is 1.75. The molecule has 4 rings (SSSR count). The third kappa shape index (κ3) is 3.88. The van der Waals surface area contributed by atoms with Crippen molar-refractivity contribution in [2.24, 2.45) is 7.05 Å². The predicted octanol–water partition coefficient (Wildman–Crippen LogP) is 2.91. The molecule has 2 N–H and O–H groups in total. The maximum Gasteiger partial charge on any atom is 0.252 e. The first-order valence-electron chi connectivity index (χ1n) is 10.1. The second-order valence-electron chi connectivity index (χ2n) is 7.63. The maximum absolute atomic E-state index is 14.1. The fourth-order valence-corrected chi connectivity index (χ4v) is 4.12. The average Bonchev–Trinajstić information content (AvgIpc) is 3.08. The van der Waals surface area contributed by atoms with Crippen molar-refractivity contribution in [2.75, 3.05) is 19.5 Å². The van der Waals surface area contributed by atoms with E-state index in [0.29, 0.717) is 34.1 Å². The molecule has 0 spiro atoms. The Bertz CT molecular complexity index is 1260. The summed E-state index contributed by atoms with van der Waals surface area (Å²) in [7, 11) is 4.58. The number of hydrogen-bond donors (Lipinski definition) is 2.